The average Bonchev–Trinajstić information content (AvgIpc) is 2.53. The number of aromatic amines is 1. The molecular formula is C10H15N3O2S2. The van der Waals surface area contributed by atoms with Crippen LogP contribution in [0.15, 0.2) is 0 Å². The summed E-state index contributed by atoms with van der Waals surface area (Å²) in [4.78, 5) is 28.0. The molecule has 0 aliphatic rings. The lowest BCUT2D eigenvalue weighted by atomic mass is 10.2. The molecule has 0 aromatic carbocycles. The van der Waals surface area contributed by atoms with Crippen LogP contribution in [0.5, 0.6) is 0 Å². The van der Waals surface area contributed by atoms with Crippen LogP contribution in [0.25, 0.3) is 0 Å². The maximum Gasteiger partial charge on any atom is 0.237 e. The molecule has 1 aromatic rings. The largest absolute Gasteiger partial charge is 0.368 e. The summed E-state index contributed by atoms with van der Waals surface area (Å²) >= 11 is 6.39. The molecule has 2 amide bonds. The van der Waals surface area contributed by atoms with E-state index in [1.165, 1.54) is 16.2 Å². The highest BCUT2D eigenvalue weighted by atomic mass is 32.1. The second-order valence-electron chi connectivity index (χ2n) is 3.61. The second kappa shape index (κ2) is 5.92. The number of nitrogens with zero attached hydrogens (tertiary/aromatic N) is 1. The van der Waals surface area contributed by atoms with Crippen LogP contribution >= 0.6 is 23.6 Å². The van der Waals surface area contributed by atoms with Crippen LogP contribution in [-0.4, -0.2) is 34.8 Å². The first-order chi connectivity index (χ1) is 7.93. The molecular weight excluding hydrogens is 258 g/mol. The maximum atomic E-state index is 11.9. The van der Waals surface area contributed by atoms with Crippen LogP contribution in [0, 0.1) is 10.9 Å². The van der Waals surface area contributed by atoms with Gasteiger partial charge in [-0.15, -0.1) is 11.3 Å². The van der Waals surface area contributed by atoms with Crippen LogP contribution < -0.4 is 5.73 Å². The fraction of sp³-hybridized carbons (Fsp3) is 0.500. The molecule has 0 saturated heterocycles. The number of nitrogens with two attached hydrogens (primary N) is 1. The molecule has 1 aromatic heterocycles. The zero-order valence-electron chi connectivity index (χ0n) is 9.78. The van der Waals surface area contributed by atoms with E-state index in [9.17, 15) is 9.59 Å². The van der Waals surface area contributed by atoms with Gasteiger partial charge in [-0.2, -0.15) is 0 Å². The highest BCUT2D eigenvalue weighted by Gasteiger charge is 2.16. The van der Waals surface area contributed by atoms with Crippen molar-refractivity contribution in [2.45, 2.75) is 20.3 Å². The van der Waals surface area contributed by atoms with Gasteiger partial charge in [-0.25, -0.2) is 0 Å². The molecule has 0 atom stereocenters. The first kappa shape index (κ1) is 13.9. The van der Waals surface area contributed by atoms with Gasteiger partial charge in [0.1, 0.15) is 0 Å². The van der Waals surface area contributed by atoms with E-state index in [0.717, 1.165) is 10.6 Å². The number of H-pyrrole nitrogens is 1. The number of amides is 2. The number of rotatable bonds is 5. The summed E-state index contributed by atoms with van der Waals surface area (Å²) in [5.41, 5.74) is 5.99. The Bertz CT molecular complexity index is 478. The van der Waals surface area contributed by atoms with Crippen molar-refractivity contribution < 1.29 is 9.59 Å². The molecule has 7 heteroatoms. The van der Waals surface area contributed by atoms with E-state index in [1.54, 1.807) is 0 Å². The number of nitrogens with one attached hydrogen (secondary N) is 1. The van der Waals surface area contributed by atoms with Gasteiger partial charge in [-0.1, -0.05) is 0 Å². The molecule has 17 heavy (non-hydrogen) atoms. The first-order valence-corrected chi connectivity index (χ1v) is 6.41. The molecule has 94 valence electrons. The lowest BCUT2D eigenvalue weighted by Crippen LogP contribution is -2.39. The Kier molecular flexibility index (Phi) is 4.83. The highest BCUT2D eigenvalue weighted by molar-refractivity contribution is 7.73. The Morgan fingerprint density at radius 2 is 2.18 bits per heavy atom. The van der Waals surface area contributed by atoms with Crippen molar-refractivity contribution in [3.63, 3.8) is 0 Å². The number of primary amides is 1. The fourth-order valence-corrected chi connectivity index (χ4v) is 2.70. The molecule has 3 N–H and O–H groups in total. The van der Waals surface area contributed by atoms with E-state index in [2.05, 4.69) is 4.98 Å². The smallest absolute Gasteiger partial charge is 0.237 e. The lowest BCUT2D eigenvalue weighted by Gasteiger charge is -2.18. The standard InChI is InChI=1S/C10H15N3O2S2/c1-3-13(5-8(11)14)9(15)4-7-6(2)12-10(16)17-7/h3-5H2,1-2H3,(H2,11,14)(H,12,16). The van der Waals surface area contributed by atoms with Gasteiger partial charge in [0, 0.05) is 17.1 Å². The van der Waals surface area contributed by atoms with Crippen molar-refractivity contribution in [1.29, 1.82) is 0 Å². The minimum atomic E-state index is -0.501. The van der Waals surface area contributed by atoms with E-state index in [-0.39, 0.29) is 18.9 Å². The summed E-state index contributed by atoms with van der Waals surface area (Å²) < 4.78 is 0.656. The van der Waals surface area contributed by atoms with Crippen molar-refractivity contribution >= 4 is 35.4 Å². The highest BCUT2D eigenvalue weighted by Crippen LogP contribution is 2.16. The molecule has 0 aliphatic heterocycles. The molecule has 0 bridgehead atoms. The van der Waals surface area contributed by atoms with Crippen molar-refractivity contribution in [3.8, 4) is 0 Å². The van der Waals surface area contributed by atoms with Crippen molar-refractivity contribution in [2.24, 2.45) is 5.73 Å². The fourth-order valence-electron chi connectivity index (χ4n) is 1.42. The number of hydrogen-bond acceptors (Lipinski definition) is 4. The second-order valence-corrected chi connectivity index (χ2v) is 5.39. The number of carbonyl (C=O) groups is 2. The zero-order valence-corrected chi connectivity index (χ0v) is 11.4. The Morgan fingerprint density at radius 3 is 2.59 bits per heavy atom. The van der Waals surface area contributed by atoms with Crippen molar-refractivity contribution in [2.75, 3.05) is 13.1 Å². The van der Waals surface area contributed by atoms with Gasteiger partial charge in [0.2, 0.25) is 11.8 Å². The van der Waals surface area contributed by atoms with E-state index < -0.39 is 5.91 Å². The van der Waals surface area contributed by atoms with E-state index in [1.807, 2.05) is 13.8 Å². The van der Waals surface area contributed by atoms with Crippen LogP contribution in [0.3, 0.4) is 0 Å². The molecule has 0 saturated carbocycles. The molecule has 1 rings (SSSR count). The zero-order chi connectivity index (χ0) is 13.0. The molecule has 0 spiro atoms. The summed E-state index contributed by atoms with van der Waals surface area (Å²) in [5, 5.41) is 0. The molecule has 1 heterocycles. The molecule has 0 unspecified atom stereocenters. The predicted molar refractivity (Wildman–Crippen MR) is 69.4 cm³/mol. The van der Waals surface area contributed by atoms with Crippen molar-refractivity contribution in [3.05, 3.63) is 14.5 Å². The number of aromatic nitrogens is 1. The van der Waals surface area contributed by atoms with Gasteiger partial charge in [-0.05, 0) is 26.1 Å². The monoisotopic (exact) mass is 273 g/mol. The third-order valence-corrected chi connectivity index (χ3v) is 3.65. The maximum absolute atomic E-state index is 11.9. The van der Waals surface area contributed by atoms with Crippen LogP contribution in [0.4, 0.5) is 0 Å². The van der Waals surface area contributed by atoms with Crippen LogP contribution in [-0.2, 0) is 16.0 Å². The minimum absolute atomic E-state index is 0.0375. The Morgan fingerprint density at radius 1 is 1.53 bits per heavy atom. The van der Waals surface area contributed by atoms with E-state index in [4.69, 9.17) is 18.0 Å². The topological polar surface area (TPSA) is 79.2 Å². The molecule has 0 fully saturated rings. The number of thiazole rings is 1. The van der Waals surface area contributed by atoms with E-state index in [0.29, 0.717) is 10.5 Å². The van der Waals surface area contributed by atoms with Gasteiger partial charge >= 0.3 is 0 Å². The Labute approximate surface area is 109 Å². The van der Waals surface area contributed by atoms with Crippen LogP contribution in [0.2, 0.25) is 0 Å². The van der Waals surface area contributed by atoms with Gasteiger partial charge < -0.3 is 15.6 Å². The molecule has 5 nitrogen and oxygen atoms in total. The summed E-state index contributed by atoms with van der Waals surface area (Å²) in [6, 6.07) is 0. The summed E-state index contributed by atoms with van der Waals surface area (Å²) in [6.07, 6.45) is 0.255. The molecule has 0 radical (unpaired) electrons. The predicted octanol–water partition coefficient (Wildman–Crippen LogP) is 0.990. The SMILES string of the molecule is CCN(CC(N)=O)C(=O)Cc1sc(=S)[nH]c1C. The number of hydrogen-bond donors (Lipinski definition) is 2. The Balaban J connectivity index is 2.73. The van der Waals surface area contributed by atoms with E-state index >= 15 is 0 Å². The summed E-state index contributed by atoms with van der Waals surface area (Å²) in [6.45, 7) is 4.12. The number of carbonyl (C=O) groups excluding carboxylic acids is 2. The molecule has 0 aliphatic carbocycles. The third-order valence-electron chi connectivity index (χ3n) is 2.32. The van der Waals surface area contributed by atoms with Crippen molar-refractivity contribution in [1.82, 2.24) is 9.88 Å². The number of aryl methyl sites for hydroxylation is 1. The average molecular weight is 273 g/mol. The first-order valence-electron chi connectivity index (χ1n) is 5.18. The minimum Gasteiger partial charge on any atom is -0.368 e. The van der Waals surface area contributed by atoms with Gasteiger partial charge in [0.25, 0.3) is 0 Å². The van der Waals surface area contributed by atoms with Gasteiger partial charge in [-0.3, -0.25) is 9.59 Å². The number of likely N-dealkylation sites (N-methyl/N-ethyl adjacent to an activating group) is 1. The third kappa shape index (κ3) is 3.94. The van der Waals surface area contributed by atoms with Crippen LogP contribution in [0.1, 0.15) is 17.5 Å². The summed E-state index contributed by atoms with van der Waals surface area (Å²) in [5.74, 6) is -0.613. The lowest BCUT2D eigenvalue weighted by molar-refractivity contribution is -0.134. The quantitative estimate of drug-likeness (QED) is 0.785. The Hall–Kier alpha value is -1.21. The van der Waals surface area contributed by atoms with Gasteiger partial charge in [0.05, 0.1) is 13.0 Å². The summed E-state index contributed by atoms with van der Waals surface area (Å²) in [7, 11) is 0. The normalized spacial score (nSPS) is 10.2. The van der Waals surface area contributed by atoms with Gasteiger partial charge in [0.15, 0.2) is 3.95 Å².